The van der Waals surface area contributed by atoms with E-state index in [0.29, 0.717) is 12.0 Å². The molecule has 1 aliphatic carbocycles. The average Bonchev–Trinajstić information content (AvgIpc) is 2.65. The molecule has 0 spiro atoms. The first kappa shape index (κ1) is 19.4. The van der Waals surface area contributed by atoms with Crippen molar-refractivity contribution in [1.29, 1.82) is 0 Å². The molecule has 27 heavy (non-hydrogen) atoms. The van der Waals surface area contributed by atoms with E-state index < -0.39 is 12.1 Å². The summed E-state index contributed by atoms with van der Waals surface area (Å²) >= 11 is 0. The number of para-hydroxylation sites is 1. The zero-order valence-electron chi connectivity index (χ0n) is 15.7. The predicted octanol–water partition coefficient (Wildman–Crippen LogP) is 5.46. The number of rotatable bonds is 3. The highest BCUT2D eigenvalue weighted by Gasteiger charge is 2.39. The van der Waals surface area contributed by atoms with Gasteiger partial charge in [0.15, 0.2) is 0 Å². The molecule has 144 valence electrons. The van der Waals surface area contributed by atoms with Gasteiger partial charge in [0.1, 0.15) is 0 Å². The van der Waals surface area contributed by atoms with Crippen molar-refractivity contribution in [2.75, 3.05) is 7.05 Å². The Bertz CT molecular complexity index is 887. The van der Waals surface area contributed by atoms with Gasteiger partial charge in [0.05, 0.1) is 17.0 Å². The first-order chi connectivity index (χ1) is 12.7. The zero-order valence-corrected chi connectivity index (χ0v) is 15.7. The SMILES string of the molecule is CC(C)N(C)C(=O)c1cnc2c(C3=CCC(C(F)(F)F)CC3)cccc2c1. The molecular formula is C21H23F3N2O. The number of benzene rings is 1. The van der Waals surface area contributed by atoms with Crippen LogP contribution >= 0.6 is 0 Å². The highest BCUT2D eigenvalue weighted by atomic mass is 19.4. The summed E-state index contributed by atoms with van der Waals surface area (Å²) < 4.78 is 38.7. The number of carbonyl (C=O) groups excluding carboxylic acids is 1. The summed E-state index contributed by atoms with van der Waals surface area (Å²) in [5.41, 5.74) is 2.97. The molecule has 0 saturated heterocycles. The van der Waals surface area contributed by atoms with Gasteiger partial charge >= 0.3 is 6.18 Å². The number of alkyl halides is 3. The molecule has 1 heterocycles. The maximum absolute atomic E-state index is 12.9. The summed E-state index contributed by atoms with van der Waals surface area (Å²) in [4.78, 5) is 18.6. The number of nitrogens with zero attached hydrogens (tertiary/aromatic N) is 2. The Balaban J connectivity index is 1.93. The van der Waals surface area contributed by atoms with Gasteiger partial charge in [-0.3, -0.25) is 9.78 Å². The van der Waals surface area contributed by atoms with E-state index in [-0.39, 0.29) is 24.8 Å². The number of pyridine rings is 1. The van der Waals surface area contributed by atoms with E-state index in [1.807, 2.05) is 32.0 Å². The topological polar surface area (TPSA) is 33.2 Å². The molecule has 1 aliphatic rings. The van der Waals surface area contributed by atoms with Crippen LogP contribution in [0.3, 0.4) is 0 Å². The van der Waals surface area contributed by atoms with Crippen molar-refractivity contribution < 1.29 is 18.0 Å². The van der Waals surface area contributed by atoms with Crippen LogP contribution in [0, 0.1) is 5.92 Å². The summed E-state index contributed by atoms with van der Waals surface area (Å²) in [6.45, 7) is 3.88. The van der Waals surface area contributed by atoms with Gasteiger partial charge in [0.25, 0.3) is 5.91 Å². The molecule has 0 aliphatic heterocycles. The smallest absolute Gasteiger partial charge is 0.339 e. The lowest BCUT2D eigenvalue weighted by atomic mass is 9.85. The number of hydrogen-bond acceptors (Lipinski definition) is 2. The molecule has 0 fully saturated rings. The van der Waals surface area contributed by atoms with Crippen LogP contribution < -0.4 is 0 Å². The second-order valence-corrected chi connectivity index (χ2v) is 7.35. The zero-order chi connectivity index (χ0) is 19.8. The minimum atomic E-state index is -4.14. The van der Waals surface area contributed by atoms with Gasteiger partial charge in [0.2, 0.25) is 0 Å². The summed E-state index contributed by atoms with van der Waals surface area (Å²) in [6, 6.07) is 7.50. The molecule has 6 heteroatoms. The van der Waals surface area contributed by atoms with Crippen molar-refractivity contribution in [3.05, 3.63) is 47.7 Å². The Hall–Kier alpha value is -2.37. The lowest BCUT2D eigenvalue weighted by Crippen LogP contribution is -2.33. The summed E-state index contributed by atoms with van der Waals surface area (Å²) in [5, 5.41) is 0.814. The summed E-state index contributed by atoms with van der Waals surface area (Å²) in [5.74, 6) is -1.37. The van der Waals surface area contributed by atoms with E-state index in [1.54, 1.807) is 30.3 Å². The van der Waals surface area contributed by atoms with E-state index in [4.69, 9.17) is 0 Å². The van der Waals surface area contributed by atoms with Crippen molar-refractivity contribution in [3.8, 4) is 0 Å². The van der Waals surface area contributed by atoms with Gasteiger partial charge in [-0.15, -0.1) is 0 Å². The monoisotopic (exact) mass is 376 g/mol. The fourth-order valence-corrected chi connectivity index (χ4v) is 3.35. The quantitative estimate of drug-likeness (QED) is 0.713. The first-order valence-corrected chi connectivity index (χ1v) is 9.10. The van der Waals surface area contributed by atoms with Gasteiger partial charge in [-0.2, -0.15) is 13.2 Å². The van der Waals surface area contributed by atoms with Crippen LogP contribution in [0.25, 0.3) is 16.5 Å². The van der Waals surface area contributed by atoms with Gasteiger partial charge in [-0.1, -0.05) is 24.3 Å². The minimum absolute atomic E-state index is 0.00493. The Labute approximate surface area is 156 Å². The molecule has 1 atom stereocenters. The lowest BCUT2D eigenvalue weighted by molar-refractivity contribution is -0.175. The Morgan fingerprint density at radius 3 is 2.63 bits per heavy atom. The van der Waals surface area contributed by atoms with Gasteiger partial charge < -0.3 is 4.90 Å². The van der Waals surface area contributed by atoms with Crippen LogP contribution in [-0.2, 0) is 0 Å². The minimum Gasteiger partial charge on any atom is -0.339 e. The second-order valence-electron chi connectivity index (χ2n) is 7.35. The third-order valence-electron chi connectivity index (χ3n) is 5.27. The Morgan fingerprint density at radius 2 is 2.04 bits per heavy atom. The van der Waals surface area contributed by atoms with E-state index in [2.05, 4.69) is 4.98 Å². The fraction of sp³-hybridized carbons (Fsp3) is 0.429. The number of halogens is 3. The van der Waals surface area contributed by atoms with Crippen molar-refractivity contribution >= 4 is 22.4 Å². The van der Waals surface area contributed by atoms with E-state index in [9.17, 15) is 18.0 Å². The normalized spacial score (nSPS) is 17.9. The molecule has 0 N–H and O–H groups in total. The van der Waals surface area contributed by atoms with E-state index in [0.717, 1.165) is 22.0 Å². The molecule has 0 saturated carbocycles. The number of hydrogen-bond donors (Lipinski definition) is 0. The van der Waals surface area contributed by atoms with Crippen LogP contribution in [0.15, 0.2) is 36.5 Å². The van der Waals surface area contributed by atoms with Gasteiger partial charge in [-0.25, -0.2) is 0 Å². The fourth-order valence-electron chi connectivity index (χ4n) is 3.35. The predicted molar refractivity (Wildman–Crippen MR) is 100 cm³/mol. The number of fused-ring (bicyclic) bond motifs is 1. The largest absolute Gasteiger partial charge is 0.392 e. The first-order valence-electron chi connectivity index (χ1n) is 9.10. The summed E-state index contributed by atoms with van der Waals surface area (Å²) in [6.07, 6.45) is -0.427. The van der Waals surface area contributed by atoms with Crippen LogP contribution in [0.4, 0.5) is 13.2 Å². The molecule has 2 aromatic rings. The third kappa shape index (κ3) is 3.99. The third-order valence-corrected chi connectivity index (χ3v) is 5.27. The maximum Gasteiger partial charge on any atom is 0.392 e. The van der Waals surface area contributed by atoms with Crippen LogP contribution in [-0.4, -0.2) is 35.1 Å². The molecule has 3 rings (SSSR count). The molecule has 0 bridgehead atoms. The van der Waals surface area contributed by atoms with Crippen molar-refractivity contribution in [2.24, 2.45) is 5.92 Å². The molecular weight excluding hydrogens is 353 g/mol. The molecule has 0 radical (unpaired) electrons. The highest BCUT2D eigenvalue weighted by molar-refractivity contribution is 5.99. The molecule has 1 aromatic carbocycles. The van der Waals surface area contributed by atoms with Crippen molar-refractivity contribution in [3.63, 3.8) is 0 Å². The average molecular weight is 376 g/mol. The summed E-state index contributed by atoms with van der Waals surface area (Å²) in [7, 11) is 1.75. The number of carbonyl (C=O) groups is 1. The van der Waals surface area contributed by atoms with E-state index in [1.165, 1.54) is 0 Å². The highest BCUT2D eigenvalue weighted by Crippen LogP contribution is 2.40. The Kier molecular flexibility index (Phi) is 5.27. The molecule has 1 amide bonds. The molecule has 3 nitrogen and oxygen atoms in total. The standard InChI is InChI=1S/C21H23F3N2O/c1-13(2)26(3)20(27)16-11-15-5-4-6-18(19(15)25-12-16)14-7-9-17(10-8-14)21(22,23)24/h4-7,11-13,17H,8-10H2,1-3H3. The van der Waals surface area contributed by atoms with Crippen LogP contribution in [0.5, 0.6) is 0 Å². The number of amides is 1. The van der Waals surface area contributed by atoms with Crippen LogP contribution in [0.1, 0.15) is 49.0 Å². The second kappa shape index (κ2) is 7.33. The van der Waals surface area contributed by atoms with Crippen LogP contribution in [0.2, 0.25) is 0 Å². The van der Waals surface area contributed by atoms with E-state index >= 15 is 0 Å². The van der Waals surface area contributed by atoms with Gasteiger partial charge in [0, 0.05) is 30.2 Å². The molecule has 1 unspecified atom stereocenters. The number of aromatic nitrogens is 1. The maximum atomic E-state index is 12.9. The lowest BCUT2D eigenvalue weighted by Gasteiger charge is -2.24. The van der Waals surface area contributed by atoms with Crippen molar-refractivity contribution in [2.45, 2.75) is 45.3 Å². The van der Waals surface area contributed by atoms with Gasteiger partial charge in [-0.05, 0) is 44.7 Å². The Morgan fingerprint density at radius 1 is 1.30 bits per heavy atom. The molecule has 1 aromatic heterocycles. The van der Waals surface area contributed by atoms with Crippen molar-refractivity contribution in [1.82, 2.24) is 9.88 Å². The number of allylic oxidation sites excluding steroid dienone is 2.